The van der Waals surface area contributed by atoms with Gasteiger partial charge in [-0.25, -0.2) is 4.98 Å². The molecule has 4 rings (SSSR count). The molecule has 0 radical (unpaired) electrons. The minimum Gasteiger partial charge on any atom is -0.393 e. The van der Waals surface area contributed by atoms with E-state index in [-0.39, 0.29) is 5.69 Å². The van der Waals surface area contributed by atoms with Gasteiger partial charge in [-0.2, -0.15) is 0 Å². The van der Waals surface area contributed by atoms with E-state index in [1.165, 1.54) is 29.0 Å². The number of hydrogen-bond donors (Lipinski definition) is 2. The molecular formula is C30H30N4O4. The second-order valence-electron chi connectivity index (χ2n) is 9.15. The SMILES string of the molecule is CCCCCC(C(=O)NC(C1=CC(=O)C(=O)C=C1)c1ccccc1)n1c(-c2ccccc2)ncc(N)c1=O. The van der Waals surface area contributed by atoms with Crippen molar-refractivity contribution in [3.8, 4) is 11.4 Å². The Bertz CT molecular complexity index is 1440. The lowest BCUT2D eigenvalue weighted by atomic mass is 9.93. The van der Waals surface area contributed by atoms with Gasteiger partial charge in [0.15, 0.2) is 0 Å². The quantitative estimate of drug-likeness (QED) is 0.240. The monoisotopic (exact) mass is 510 g/mol. The first-order valence-electron chi connectivity index (χ1n) is 12.7. The van der Waals surface area contributed by atoms with E-state index >= 15 is 0 Å². The van der Waals surface area contributed by atoms with E-state index in [0.29, 0.717) is 29.8 Å². The molecule has 38 heavy (non-hydrogen) atoms. The molecule has 1 amide bonds. The molecule has 2 unspecified atom stereocenters. The standard InChI is InChI=1S/C30H30N4O4/c1-2-3-6-15-24(34-28(21-13-9-5-10-14-21)32-19-23(31)30(34)38)29(37)33-27(20-11-7-4-8-12-20)22-16-17-25(35)26(36)18-22/h4-5,7-14,16-19,24,27H,2-3,6,15,31H2,1H3,(H,33,37). The molecular weight excluding hydrogens is 480 g/mol. The number of ketones is 2. The highest BCUT2D eigenvalue weighted by atomic mass is 16.2. The van der Waals surface area contributed by atoms with Crippen LogP contribution in [0.1, 0.15) is 50.3 Å². The van der Waals surface area contributed by atoms with E-state index in [4.69, 9.17) is 5.73 Å². The van der Waals surface area contributed by atoms with Gasteiger partial charge in [0.05, 0.1) is 12.2 Å². The maximum atomic E-state index is 14.0. The fourth-order valence-electron chi connectivity index (χ4n) is 4.49. The van der Waals surface area contributed by atoms with Gasteiger partial charge in [0.2, 0.25) is 17.5 Å². The second kappa shape index (κ2) is 12.1. The number of nitrogens with one attached hydrogen (secondary N) is 1. The Morgan fingerprint density at radius 1 is 0.947 bits per heavy atom. The summed E-state index contributed by atoms with van der Waals surface area (Å²) in [4.78, 5) is 55.8. The van der Waals surface area contributed by atoms with Gasteiger partial charge in [-0.3, -0.25) is 23.7 Å². The second-order valence-corrected chi connectivity index (χ2v) is 9.15. The summed E-state index contributed by atoms with van der Waals surface area (Å²) in [5.41, 5.74) is 7.31. The minimum absolute atomic E-state index is 0.0559. The van der Waals surface area contributed by atoms with Crippen molar-refractivity contribution >= 4 is 23.2 Å². The van der Waals surface area contributed by atoms with Crippen molar-refractivity contribution in [1.82, 2.24) is 14.9 Å². The Hall–Kier alpha value is -4.59. The summed E-state index contributed by atoms with van der Waals surface area (Å²) in [6, 6.07) is 16.7. The largest absolute Gasteiger partial charge is 0.393 e. The number of nitrogens with zero attached hydrogens (tertiary/aromatic N) is 2. The summed E-state index contributed by atoms with van der Waals surface area (Å²) in [7, 11) is 0. The Labute approximate surface area is 220 Å². The van der Waals surface area contributed by atoms with Gasteiger partial charge in [-0.1, -0.05) is 92.9 Å². The van der Waals surface area contributed by atoms with Crippen LogP contribution in [0.4, 0.5) is 5.69 Å². The third kappa shape index (κ3) is 5.86. The predicted molar refractivity (Wildman–Crippen MR) is 146 cm³/mol. The van der Waals surface area contributed by atoms with E-state index in [0.717, 1.165) is 18.4 Å². The highest BCUT2D eigenvalue weighted by molar-refractivity contribution is 6.46. The van der Waals surface area contributed by atoms with Gasteiger partial charge in [0.1, 0.15) is 17.6 Å². The average molecular weight is 511 g/mol. The number of allylic oxidation sites excluding steroid dienone is 2. The third-order valence-corrected chi connectivity index (χ3v) is 6.47. The van der Waals surface area contributed by atoms with E-state index in [9.17, 15) is 19.2 Å². The van der Waals surface area contributed by atoms with Crippen molar-refractivity contribution in [3.63, 3.8) is 0 Å². The Balaban J connectivity index is 1.79. The van der Waals surface area contributed by atoms with E-state index in [2.05, 4.69) is 17.2 Å². The summed E-state index contributed by atoms with van der Waals surface area (Å²) in [5.74, 6) is -1.34. The molecule has 3 N–H and O–H groups in total. The van der Waals surface area contributed by atoms with Crippen LogP contribution in [0.25, 0.3) is 11.4 Å². The normalized spacial score (nSPS) is 14.6. The first-order chi connectivity index (χ1) is 18.4. The number of nitrogen functional groups attached to an aromatic ring is 1. The lowest BCUT2D eigenvalue weighted by Crippen LogP contribution is -2.41. The summed E-state index contributed by atoms with van der Waals surface area (Å²) in [5, 5.41) is 3.04. The molecule has 8 nitrogen and oxygen atoms in total. The van der Waals surface area contributed by atoms with Crippen molar-refractivity contribution in [2.75, 3.05) is 5.73 Å². The zero-order valence-corrected chi connectivity index (χ0v) is 21.2. The number of aromatic nitrogens is 2. The molecule has 0 bridgehead atoms. The number of unbranched alkanes of at least 4 members (excludes halogenated alkanes) is 2. The van der Waals surface area contributed by atoms with Crippen LogP contribution in [0.15, 0.2) is 95.5 Å². The summed E-state index contributed by atoms with van der Waals surface area (Å²) in [6.45, 7) is 2.06. The topological polar surface area (TPSA) is 124 Å². The van der Waals surface area contributed by atoms with Gasteiger partial charge in [0.25, 0.3) is 5.56 Å². The summed E-state index contributed by atoms with van der Waals surface area (Å²) in [6.07, 6.45) is 8.21. The number of anilines is 1. The van der Waals surface area contributed by atoms with Gasteiger partial charge in [-0.05, 0) is 29.7 Å². The summed E-state index contributed by atoms with van der Waals surface area (Å²) >= 11 is 0. The van der Waals surface area contributed by atoms with Gasteiger partial charge < -0.3 is 11.1 Å². The molecule has 0 fully saturated rings. The number of amides is 1. The van der Waals surface area contributed by atoms with Crippen molar-refractivity contribution in [3.05, 3.63) is 107 Å². The number of hydrogen-bond acceptors (Lipinski definition) is 6. The molecule has 194 valence electrons. The van der Waals surface area contributed by atoms with Crippen LogP contribution in [0.2, 0.25) is 0 Å². The van der Waals surface area contributed by atoms with E-state index < -0.39 is 35.1 Å². The molecule has 3 aromatic rings. The highest BCUT2D eigenvalue weighted by Gasteiger charge is 2.30. The summed E-state index contributed by atoms with van der Waals surface area (Å²) < 4.78 is 1.37. The van der Waals surface area contributed by atoms with Crippen LogP contribution in [0.3, 0.4) is 0 Å². The molecule has 0 spiro atoms. The average Bonchev–Trinajstić information content (AvgIpc) is 2.94. The smallest absolute Gasteiger partial charge is 0.277 e. The zero-order chi connectivity index (χ0) is 27.1. The van der Waals surface area contributed by atoms with Crippen molar-refractivity contribution in [1.29, 1.82) is 0 Å². The predicted octanol–water partition coefficient (Wildman–Crippen LogP) is 4.11. The maximum Gasteiger partial charge on any atom is 0.277 e. The molecule has 2 atom stereocenters. The van der Waals surface area contributed by atoms with Crippen LogP contribution in [0, 0.1) is 0 Å². The first kappa shape index (κ1) is 26.5. The lowest BCUT2D eigenvalue weighted by Gasteiger charge is -2.27. The fourth-order valence-corrected chi connectivity index (χ4v) is 4.49. The van der Waals surface area contributed by atoms with Crippen LogP contribution in [-0.4, -0.2) is 27.0 Å². The molecule has 1 heterocycles. The van der Waals surface area contributed by atoms with Crippen LogP contribution in [-0.2, 0) is 14.4 Å². The van der Waals surface area contributed by atoms with Gasteiger partial charge in [-0.15, -0.1) is 0 Å². The number of rotatable bonds is 10. The Kier molecular flexibility index (Phi) is 8.43. The van der Waals surface area contributed by atoms with Gasteiger partial charge in [0, 0.05) is 5.56 Å². The minimum atomic E-state index is -0.906. The number of nitrogens with two attached hydrogens (primary N) is 1. The highest BCUT2D eigenvalue weighted by Crippen LogP contribution is 2.28. The van der Waals surface area contributed by atoms with Crippen LogP contribution >= 0.6 is 0 Å². The molecule has 1 aliphatic carbocycles. The zero-order valence-electron chi connectivity index (χ0n) is 21.2. The van der Waals surface area contributed by atoms with E-state index in [1.807, 2.05) is 60.7 Å². The lowest BCUT2D eigenvalue weighted by molar-refractivity contribution is -0.131. The third-order valence-electron chi connectivity index (χ3n) is 6.47. The Morgan fingerprint density at radius 2 is 1.63 bits per heavy atom. The number of carbonyl (C=O) groups is 3. The maximum absolute atomic E-state index is 14.0. The van der Waals surface area contributed by atoms with Crippen molar-refractivity contribution < 1.29 is 14.4 Å². The Morgan fingerprint density at radius 3 is 2.29 bits per heavy atom. The van der Waals surface area contributed by atoms with Crippen LogP contribution in [0.5, 0.6) is 0 Å². The number of benzene rings is 2. The molecule has 0 saturated heterocycles. The molecule has 8 heteroatoms. The van der Waals surface area contributed by atoms with Crippen LogP contribution < -0.4 is 16.6 Å². The molecule has 1 aromatic heterocycles. The fraction of sp³-hybridized carbons (Fsp3) is 0.233. The molecule has 0 aliphatic heterocycles. The molecule has 1 aliphatic rings. The first-order valence-corrected chi connectivity index (χ1v) is 12.7. The van der Waals surface area contributed by atoms with Gasteiger partial charge >= 0.3 is 0 Å². The molecule has 0 saturated carbocycles. The van der Waals surface area contributed by atoms with Crippen molar-refractivity contribution in [2.24, 2.45) is 0 Å². The van der Waals surface area contributed by atoms with Crippen molar-refractivity contribution in [2.45, 2.75) is 44.7 Å². The van der Waals surface area contributed by atoms with E-state index in [1.54, 1.807) is 0 Å². The number of carbonyl (C=O) groups excluding carboxylic acids is 3. The molecule has 2 aromatic carbocycles.